The van der Waals surface area contributed by atoms with Crippen molar-refractivity contribution in [2.45, 2.75) is 25.8 Å². The average Bonchev–Trinajstić information content (AvgIpc) is 3.38. The molecule has 0 saturated heterocycles. The second kappa shape index (κ2) is 9.25. The number of nitrogens with zero attached hydrogens (tertiary/aromatic N) is 2. The van der Waals surface area contributed by atoms with Gasteiger partial charge in [-0.15, -0.1) is 0 Å². The number of hydrogen-bond donors (Lipinski definition) is 2. The number of aromatic nitrogens is 1. The van der Waals surface area contributed by atoms with Gasteiger partial charge in [-0.2, -0.15) is 0 Å². The van der Waals surface area contributed by atoms with Crippen molar-refractivity contribution in [2.75, 3.05) is 33.9 Å². The number of pyridine rings is 1. The lowest BCUT2D eigenvalue weighted by molar-refractivity contribution is 0.123. The summed E-state index contributed by atoms with van der Waals surface area (Å²) in [5, 5.41) is 6.55. The van der Waals surface area contributed by atoms with Gasteiger partial charge in [0.15, 0.2) is 5.96 Å². The van der Waals surface area contributed by atoms with Gasteiger partial charge in [0.25, 0.3) is 0 Å². The first-order valence-corrected chi connectivity index (χ1v) is 7.83. The van der Waals surface area contributed by atoms with E-state index in [1.165, 1.54) is 12.8 Å². The maximum absolute atomic E-state index is 5.61. The summed E-state index contributed by atoms with van der Waals surface area (Å²) in [6, 6.07) is 3.86. The molecular formula is C16H26N4O2. The zero-order chi connectivity index (χ0) is 15.6. The molecule has 1 heterocycles. The number of aliphatic imine (C=N–C) groups is 1. The quantitative estimate of drug-likeness (QED) is 0.412. The van der Waals surface area contributed by atoms with Gasteiger partial charge in [0.05, 0.1) is 7.11 Å². The Morgan fingerprint density at radius 2 is 2.27 bits per heavy atom. The molecule has 1 aliphatic carbocycles. The fourth-order valence-electron chi connectivity index (χ4n) is 1.99. The minimum absolute atomic E-state index is 0.620. The van der Waals surface area contributed by atoms with Crippen molar-refractivity contribution in [2.24, 2.45) is 10.9 Å². The molecule has 2 rings (SSSR count). The first-order chi connectivity index (χ1) is 10.8. The minimum atomic E-state index is 0.620. The van der Waals surface area contributed by atoms with Crippen molar-refractivity contribution >= 4 is 5.96 Å². The van der Waals surface area contributed by atoms with E-state index in [1.807, 2.05) is 12.1 Å². The molecule has 1 saturated carbocycles. The summed E-state index contributed by atoms with van der Waals surface area (Å²) >= 11 is 0. The van der Waals surface area contributed by atoms with Crippen LogP contribution >= 0.6 is 0 Å². The molecule has 1 aromatic rings. The summed E-state index contributed by atoms with van der Waals surface area (Å²) in [6.07, 6.45) is 5.41. The highest BCUT2D eigenvalue weighted by atomic mass is 16.5. The van der Waals surface area contributed by atoms with Crippen LogP contribution in [0.5, 0.6) is 5.88 Å². The smallest absolute Gasteiger partial charge is 0.213 e. The predicted molar refractivity (Wildman–Crippen MR) is 87.2 cm³/mol. The van der Waals surface area contributed by atoms with Crippen molar-refractivity contribution in [3.05, 3.63) is 23.9 Å². The van der Waals surface area contributed by atoms with Crippen molar-refractivity contribution in [3.63, 3.8) is 0 Å². The first-order valence-electron chi connectivity index (χ1n) is 7.83. The molecule has 2 N–H and O–H groups in total. The molecule has 6 nitrogen and oxygen atoms in total. The van der Waals surface area contributed by atoms with Crippen LogP contribution in [0.25, 0.3) is 0 Å². The lowest BCUT2D eigenvalue weighted by Gasteiger charge is -2.12. The van der Waals surface area contributed by atoms with E-state index in [0.717, 1.165) is 43.6 Å². The molecule has 0 spiro atoms. The molecule has 0 unspecified atom stereocenters. The molecule has 1 aromatic heterocycles. The van der Waals surface area contributed by atoms with Gasteiger partial charge in [0, 0.05) is 45.6 Å². The van der Waals surface area contributed by atoms with Crippen LogP contribution in [-0.2, 0) is 11.3 Å². The third-order valence-electron chi connectivity index (χ3n) is 3.50. The van der Waals surface area contributed by atoms with E-state index in [4.69, 9.17) is 9.47 Å². The molecule has 0 bridgehead atoms. The Morgan fingerprint density at radius 1 is 1.41 bits per heavy atom. The molecule has 122 valence electrons. The lowest BCUT2D eigenvalue weighted by Crippen LogP contribution is -2.37. The van der Waals surface area contributed by atoms with Crippen LogP contribution in [0.2, 0.25) is 0 Å². The summed E-state index contributed by atoms with van der Waals surface area (Å²) < 4.78 is 10.7. The Labute approximate surface area is 132 Å². The van der Waals surface area contributed by atoms with Crippen molar-refractivity contribution in [1.29, 1.82) is 0 Å². The highest BCUT2D eigenvalue weighted by Crippen LogP contribution is 2.28. The van der Waals surface area contributed by atoms with E-state index in [1.54, 1.807) is 20.4 Å². The van der Waals surface area contributed by atoms with Gasteiger partial charge in [-0.1, -0.05) is 0 Å². The Hall–Kier alpha value is -1.82. The third kappa shape index (κ3) is 6.30. The second-order valence-electron chi connectivity index (χ2n) is 5.43. The molecule has 1 aliphatic rings. The van der Waals surface area contributed by atoms with Crippen molar-refractivity contribution < 1.29 is 9.47 Å². The molecule has 0 aromatic carbocycles. The van der Waals surface area contributed by atoms with Gasteiger partial charge in [0.2, 0.25) is 5.88 Å². The summed E-state index contributed by atoms with van der Waals surface area (Å²) in [5.41, 5.74) is 1.10. The third-order valence-corrected chi connectivity index (χ3v) is 3.50. The van der Waals surface area contributed by atoms with Gasteiger partial charge in [-0.3, -0.25) is 4.99 Å². The number of ether oxygens (including phenoxy) is 2. The summed E-state index contributed by atoms with van der Waals surface area (Å²) in [7, 11) is 3.39. The molecule has 0 atom stereocenters. The molecule has 0 radical (unpaired) electrons. The second-order valence-corrected chi connectivity index (χ2v) is 5.43. The van der Waals surface area contributed by atoms with E-state index >= 15 is 0 Å². The fraction of sp³-hybridized carbons (Fsp3) is 0.625. The Balaban J connectivity index is 1.59. The highest BCUT2D eigenvalue weighted by molar-refractivity contribution is 5.79. The van der Waals surface area contributed by atoms with Crippen LogP contribution < -0.4 is 15.4 Å². The topological polar surface area (TPSA) is 67.8 Å². The standard InChI is InChI=1S/C16H26N4O2/c1-17-16(19-7-3-9-22-12-13-4-5-13)20-11-14-6-8-18-15(10-14)21-2/h6,8,10,13H,3-5,7,9,11-12H2,1-2H3,(H2,17,19,20). The van der Waals surface area contributed by atoms with Gasteiger partial charge in [-0.05, 0) is 36.8 Å². The number of methoxy groups -OCH3 is 1. The van der Waals surface area contributed by atoms with E-state index in [-0.39, 0.29) is 0 Å². The normalized spacial score (nSPS) is 14.7. The number of nitrogens with one attached hydrogen (secondary N) is 2. The molecule has 0 aliphatic heterocycles. The maximum atomic E-state index is 5.61. The van der Waals surface area contributed by atoms with E-state index in [2.05, 4.69) is 20.6 Å². The molecule has 6 heteroatoms. The number of hydrogen-bond acceptors (Lipinski definition) is 4. The van der Waals surface area contributed by atoms with Crippen LogP contribution in [0.15, 0.2) is 23.3 Å². The Bertz CT molecular complexity index is 475. The Morgan fingerprint density at radius 3 is 3.00 bits per heavy atom. The van der Waals surface area contributed by atoms with E-state index in [0.29, 0.717) is 12.4 Å². The van der Waals surface area contributed by atoms with Crippen LogP contribution in [0.3, 0.4) is 0 Å². The van der Waals surface area contributed by atoms with Gasteiger partial charge in [-0.25, -0.2) is 4.98 Å². The zero-order valence-corrected chi connectivity index (χ0v) is 13.5. The Kier molecular flexibility index (Phi) is 6.96. The van der Waals surface area contributed by atoms with Crippen LogP contribution in [-0.4, -0.2) is 44.9 Å². The summed E-state index contributed by atoms with van der Waals surface area (Å²) in [5.74, 6) is 2.24. The van der Waals surface area contributed by atoms with E-state index < -0.39 is 0 Å². The van der Waals surface area contributed by atoms with Crippen LogP contribution in [0.4, 0.5) is 0 Å². The zero-order valence-electron chi connectivity index (χ0n) is 13.5. The minimum Gasteiger partial charge on any atom is -0.481 e. The number of rotatable bonds is 9. The number of guanidine groups is 1. The monoisotopic (exact) mass is 306 g/mol. The molecule has 22 heavy (non-hydrogen) atoms. The largest absolute Gasteiger partial charge is 0.481 e. The SMILES string of the molecule is CN=C(NCCCOCC1CC1)NCc1ccnc(OC)c1. The predicted octanol–water partition coefficient (Wildman–Crippen LogP) is 1.57. The molecular weight excluding hydrogens is 280 g/mol. The molecule has 0 amide bonds. The first kappa shape index (κ1) is 16.5. The summed E-state index contributed by atoms with van der Waals surface area (Å²) in [6.45, 7) is 3.26. The maximum Gasteiger partial charge on any atom is 0.213 e. The van der Waals surface area contributed by atoms with Gasteiger partial charge >= 0.3 is 0 Å². The van der Waals surface area contributed by atoms with Crippen molar-refractivity contribution in [1.82, 2.24) is 15.6 Å². The average molecular weight is 306 g/mol. The molecule has 1 fully saturated rings. The lowest BCUT2D eigenvalue weighted by atomic mass is 10.2. The van der Waals surface area contributed by atoms with Crippen LogP contribution in [0.1, 0.15) is 24.8 Å². The van der Waals surface area contributed by atoms with Crippen LogP contribution in [0, 0.1) is 5.92 Å². The summed E-state index contributed by atoms with van der Waals surface area (Å²) in [4.78, 5) is 8.30. The van der Waals surface area contributed by atoms with Gasteiger partial charge < -0.3 is 20.1 Å². The van der Waals surface area contributed by atoms with Gasteiger partial charge in [0.1, 0.15) is 0 Å². The fourth-order valence-corrected chi connectivity index (χ4v) is 1.99. The van der Waals surface area contributed by atoms with E-state index in [9.17, 15) is 0 Å². The van der Waals surface area contributed by atoms with Crippen molar-refractivity contribution in [3.8, 4) is 5.88 Å². The highest BCUT2D eigenvalue weighted by Gasteiger charge is 2.20.